The quantitative estimate of drug-likeness (QED) is 0.0859. The molecular weight excluding hydrogens is 624 g/mol. The maximum Gasteiger partial charge on any atom is 0.242 e. The molecule has 0 atom stereocenters. The highest BCUT2D eigenvalue weighted by Gasteiger charge is 2.30. The summed E-state index contributed by atoms with van der Waals surface area (Å²) in [6.45, 7) is 3.24. The van der Waals surface area contributed by atoms with Gasteiger partial charge in [-0.15, -0.1) is 0 Å². The van der Waals surface area contributed by atoms with E-state index in [-0.39, 0.29) is 69.6 Å². The number of nitrogens with two attached hydrogens (primary N) is 3. The van der Waals surface area contributed by atoms with Crippen LogP contribution >= 0.6 is 0 Å². The number of primary amides is 1. The van der Waals surface area contributed by atoms with Crippen molar-refractivity contribution < 1.29 is 24.0 Å². The van der Waals surface area contributed by atoms with Crippen LogP contribution in [-0.4, -0.2) is 128 Å². The molecule has 0 aliphatic heterocycles. The molecule has 0 aromatic carbocycles. The van der Waals surface area contributed by atoms with Gasteiger partial charge in [0.05, 0.1) is 32.7 Å². The lowest BCUT2D eigenvalue weighted by Gasteiger charge is -2.35. The highest BCUT2D eigenvalue weighted by atomic mass is 16.2. The van der Waals surface area contributed by atoms with Crippen LogP contribution in [0.2, 0.25) is 0 Å². The molecule has 1 saturated carbocycles. The fraction of sp³-hybridized carbons (Fsp3) is 0.861. The smallest absolute Gasteiger partial charge is 0.242 e. The van der Waals surface area contributed by atoms with Crippen LogP contribution in [-0.2, 0) is 24.0 Å². The van der Waals surface area contributed by atoms with Crippen LogP contribution in [0.25, 0.3) is 0 Å². The summed E-state index contributed by atoms with van der Waals surface area (Å²) >= 11 is 0. The Kier molecular flexibility index (Phi) is 25.3. The number of hydrogen-bond donors (Lipinski definition) is 4. The Labute approximate surface area is 296 Å². The zero-order valence-electron chi connectivity index (χ0n) is 30.9. The van der Waals surface area contributed by atoms with E-state index in [0.717, 1.165) is 51.5 Å². The number of amides is 5. The molecule has 5 amide bonds. The van der Waals surface area contributed by atoms with E-state index in [1.807, 2.05) is 0 Å². The number of likely N-dealkylation sites (N-methyl/N-ethyl adjacent to an activating group) is 1. The van der Waals surface area contributed by atoms with Crippen LogP contribution in [0.4, 0.5) is 0 Å². The van der Waals surface area contributed by atoms with E-state index >= 15 is 0 Å². The Morgan fingerprint density at radius 1 is 0.612 bits per heavy atom. The number of unbranched alkanes of at least 4 members (excludes halogenated alkanes) is 11. The summed E-state index contributed by atoms with van der Waals surface area (Å²) in [7, 11) is 1.59. The summed E-state index contributed by atoms with van der Waals surface area (Å²) in [4.78, 5) is 70.5. The maximum absolute atomic E-state index is 13.5. The molecule has 0 spiro atoms. The third-order valence-electron chi connectivity index (χ3n) is 9.33. The van der Waals surface area contributed by atoms with E-state index in [1.165, 1.54) is 77.4 Å². The minimum atomic E-state index is -0.602. The zero-order valence-corrected chi connectivity index (χ0v) is 30.9. The Morgan fingerprint density at radius 3 is 1.73 bits per heavy atom. The number of carbonyl (C=O) groups is 5. The Hall–Kier alpha value is -2.77. The van der Waals surface area contributed by atoms with E-state index in [1.54, 1.807) is 7.05 Å². The molecule has 0 bridgehead atoms. The standard InChI is InChI=1S/C36H70N8O5/c1-3-4-5-6-7-8-9-10-11-12-17-23-40-26-33(46)41(2)28-34(47)42(24-18-16-21-37)29-35(48)43(25-22-38)30-36(49)44(27-32(39)45)31-19-14-13-15-20-31/h31,40H,3-30,37-38H2,1-2H3,(H2,39,45). The molecule has 7 N–H and O–H groups in total. The highest BCUT2D eigenvalue weighted by molar-refractivity contribution is 5.91. The Balaban J connectivity index is 2.60. The molecule has 0 unspecified atom stereocenters. The molecule has 1 aliphatic rings. The molecule has 13 nitrogen and oxygen atoms in total. The SMILES string of the molecule is CCCCCCCCCCCCCNCC(=O)N(C)CC(=O)N(CCCCN)CC(=O)N(CCN)CC(=O)N(CC(N)=O)C1CCCCC1. The summed E-state index contributed by atoms with van der Waals surface area (Å²) in [6.07, 6.45) is 19.8. The van der Waals surface area contributed by atoms with Crippen molar-refractivity contribution in [2.45, 2.75) is 129 Å². The van der Waals surface area contributed by atoms with Gasteiger partial charge in [0.2, 0.25) is 29.5 Å². The molecule has 0 aromatic rings. The van der Waals surface area contributed by atoms with Crippen LogP contribution in [0.15, 0.2) is 0 Å². The molecule has 0 saturated heterocycles. The summed E-state index contributed by atoms with van der Waals surface area (Å²) in [5, 5.41) is 3.20. The molecule has 49 heavy (non-hydrogen) atoms. The molecule has 0 heterocycles. The normalized spacial score (nSPS) is 13.2. The van der Waals surface area contributed by atoms with Gasteiger partial charge in [-0.25, -0.2) is 0 Å². The van der Waals surface area contributed by atoms with Crippen molar-refractivity contribution in [3.8, 4) is 0 Å². The molecule has 13 heteroatoms. The number of nitrogens with zero attached hydrogens (tertiary/aromatic N) is 4. The van der Waals surface area contributed by atoms with Gasteiger partial charge >= 0.3 is 0 Å². The predicted molar refractivity (Wildman–Crippen MR) is 195 cm³/mol. The lowest BCUT2D eigenvalue weighted by molar-refractivity contribution is -0.147. The van der Waals surface area contributed by atoms with Crippen LogP contribution in [0.5, 0.6) is 0 Å². The fourth-order valence-corrected chi connectivity index (χ4v) is 6.32. The van der Waals surface area contributed by atoms with Crippen LogP contribution in [0, 0.1) is 0 Å². The molecule has 0 radical (unpaired) electrons. The topological polar surface area (TPSA) is 188 Å². The van der Waals surface area contributed by atoms with Crippen molar-refractivity contribution >= 4 is 29.5 Å². The Morgan fingerprint density at radius 2 is 1.16 bits per heavy atom. The zero-order chi connectivity index (χ0) is 36.3. The van der Waals surface area contributed by atoms with Gasteiger partial charge in [-0.1, -0.05) is 90.4 Å². The first kappa shape index (κ1) is 44.3. The lowest BCUT2D eigenvalue weighted by Crippen LogP contribution is -2.53. The minimum absolute atomic E-state index is 0.0970. The van der Waals surface area contributed by atoms with Crippen LogP contribution in [0.1, 0.15) is 122 Å². The molecule has 1 rings (SSSR count). The highest BCUT2D eigenvalue weighted by Crippen LogP contribution is 2.23. The van der Waals surface area contributed by atoms with E-state index in [4.69, 9.17) is 17.2 Å². The molecule has 0 aromatic heterocycles. The van der Waals surface area contributed by atoms with Crippen molar-refractivity contribution in [1.29, 1.82) is 0 Å². The summed E-state index contributed by atoms with van der Waals surface area (Å²) in [6, 6.07) is -0.0970. The van der Waals surface area contributed by atoms with Gasteiger partial charge in [-0.05, 0) is 45.2 Å². The van der Waals surface area contributed by atoms with Gasteiger partial charge in [0.25, 0.3) is 0 Å². The number of hydrogen-bond acceptors (Lipinski definition) is 8. The second-order valence-electron chi connectivity index (χ2n) is 13.7. The average molecular weight is 695 g/mol. The minimum Gasteiger partial charge on any atom is -0.368 e. The third-order valence-corrected chi connectivity index (χ3v) is 9.33. The number of nitrogens with one attached hydrogen (secondary N) is 1. The van der Waals surface area contributed by atoms with Gasteiger partial charge in [0, 0.05) is 32.7 Å². The van der Waals surface area contributed by atoms with Gasteiger partial charge in [0.15, 0.2) is 0 Å². The molecular formula is C36H70N8O5. The number of rotatable bonds is 29. The summed E-state index contributed by atoms with van der Waals surface area (Å²) in [5.41, 5.74) is 16.9. The predicted octanol–water partition coefficient (Wildman–Crippen LogP) is 2.35. The Bertz CT molecular complexity index is 946. The maximum atomic E-state index is 13.5. The summed E-state index contributed by atoms with van der Waals surface area (Å²) in [5.74, 6) is -1.94. The van der Waals surface area contributed by atoms with Crippen LogP contribution < -0.4 is 22.5 Å². The van der Waals surface area contributed by atoms with E-state index in [2.05, 4.69) is 12.2 Å². The second-order valence-corrected chi connectivity index (χ2v) is 13.7. The average Bonchev–Trinajstić information content (AvgIpc) is 3.08. The van der Waals surface area contributed by atoms with Gasteiger partial charge in [0.1, 0.15) is 0 Å². The first-order valence-corrected chi connectivity index (χ1v) is 19.1. The van der Waals surface area contributed by atoms with Crippen molar-refractivity contribution in [1.82, 2.24) is 24.9 Å². The molecule has 284 valence electrons. The van der Waals surface area contributed by atoms with E-state index < -0.39 is 11.8 Å². The second kappa shape index (κ2) is 28.0. The van der Waals surface area contributed by atoms with Gasteiger partial charge in [-0.2, -0.15) is 0 Å². The lowest BCUT2D eigenvalue weighted by atomic mass is 9.94. The first-order chi connectivity index (χ1) is 23.6. The third kappa shape index (κ3) is 20.5. The molecule has 1 aliphatic carbocycles. The monoisotopic (exact) mass is 695 g/mol. The van der Waals surface area contributed by atoms with Gasteiger partial charge < -0.3 is 42.1 Å². The van der Waals surface area contributed by atoms with Crippen molar-refractivity contribution in [2.75, 3.05) is 72.5 Å². The largest absolute Gasteiger partial charge is 0.368 e. The van der Waals surface area contributed by atoms with Crippen molar-refractivity contribution in [3.63, 3.8) is 0 Å². The van der Waals surface area contributed by atoms with E-state index in [0.29, 0.717) is 25.9 Å². The molecule has 1 fully saturated rings. The first-order valence-electron chi connectivity index (χ1n) is 19.1. The number of carbonyl (C=O) groups excluding carboxylic acids is 5. The van der Waals surface area contributed by atoms with Crippen molar-refractivity contribution in [3.05, 3.63) is 0 Å². The van der Waals surface area contributed by atoms with Gasteiger partial charge in [-0.3, -0.25) is 24.0 Å². The fourth-order valence-electron chi connectivity index (χ4n) is 6.32. The van der Waals surface area contributed by atoms with Crippen molar-refractivity contribution in [2.24, 2.45) is 17.2 Å². The summed E-state index contributed by atoms with van der Waals surface area (Å²) < 4.78 is 0. The van der Waals surface area contributed by atoms with Crippen LogP contribution in [0.3, 0.4) is 0 Å². The van der Waals surface area contributed by atoms with E-state index in [9.17, 15) is 24.0 Å².